The number of aromatic nitrogens is 4. The Labute approximate surface area is 225 Å². The number of carbonyl (C=O) groups is 2. The van der Waals surface area contributed by atoms with E-state index >= 15 is 0 Å². The lowest BCUT2D eigenvalue weighted by Crippen LogP contribution is -2.56. The molecule has 38 heavy (non-hydrogen) atoms. The van der Waals surface area contributed by atoms with Crippen molar-refractivity contribution in [3.8, 4) is 17.4 Å². The number of hydrogen-bond acceptors (Lipinski definition) is 9. The SMILES string of the molecule is COC(=O)N1CCN(c2cc(Cl)nc(-n3ccnc3)n2)CC1CC(=O)NCCc1ccc(OC)c(OC)c1. The van der Waals surface area contributed by atoms with Crippen LogP contribution in [0, 0.1) is 0 Å². The van der Waals surface area contributed by atoms with Gasteiger partial charge in [-0.05, 0) is 24.1 Å². The summed E-state index contributed by atoms with van der Waals surface area (Å²) in [4.78, 5) is 41.8. The Hall–Kier alpha value is -4.06. The van der Waals surface area contributed by atoms with Crippen molar-refractivity contribution in [2.75, 3.05) is 52.4 Å². The number of piperazine rings is 1. The van der Waals surface area contributed by atoms with E-state index in [1.165, 1.54) is 7.11 Å². The molecule has 0 aliphatic carbocycles. The van der Waals surface area contributed by atoms with Crippen LogP contribution in [0.5, 0.6) is 11.5 Å². The fraction of sp³-hybridized carbons (Fsp3) is 0.400. The molecule has 4 rings (SSSR count). The van der Waals surface area contributed by atoms with Gasteiger partial charge in [-0.1, -0.05) is 17.7 Å². The predicted octanol–water partition coefficient (Wildman–Crippen LogP) is 2.34. The second-order valence-electron chi connectivity index (χ2n) is 8.58. The molecule has 0 bridgehead atoms. The van der Waals surface area contributed by atoms with Crippen molar-refractivity contribution < 1.29 is 23.8 Å². The molecule has 12 nitrogen and oxygen atoms in total. The molecule has 3 heterocycles. The third-order valence-corrected chi connectivity index (χ3v) is 6.42. The number of halogens is 1. The standard InChI is InChI=1S/C25H30ClN7O5/c1-36-19-5-4-17(12-20(19)37-2)6-7-28-23(34)13-18-15-31(10-11-33(18)25(35)38-3)22-14-21(26)29-24(30-22)32-9-8-27-16-32/h4-5,8-9,12,14,16,18H,6-7,10-11,13,15H2,1-3H3,(H,28,34). The van der Waals surface area contributed by atoms with E-state index in [1.54, 1.807) is 48.5 Å². The zero-order valence-corrected chi connectivity index (χ0v) is 22.2. The molecule has 0 radical (unpaired) electrons. The molecule has 1 aliphatic heterocycles. The third kappa shape index (κ3) is 6.43. The van der Waals surface area contributed by atoms with Gasteiger partial charge in [0.15, 0.2) is 11.5 Å². The maximum absolute atomic E-state index is 12.9. The number of amides is 2. The lowest BCUT2D eigenvalue weighted by molar-refractivity contribution is -0.122. The second-order valence-corrected chi connectivity index (χ2v) is 8.96. The average molecular weight is 544 g/mol. The molecule has 1 atom stereocenters. The van der Waals surface area contributed by atoms with Gasteiger partial charge in [0.1, 0.15) is 17.3 Å². The maximum atomic E-state index is 12.9. The molecule has 2 aromatic heterocycles. The molecule has 3 aromatic rings. The van der Waals surface area contributed by atoms with Crippen molar-refractivity contribution in [1.82, 2.24) is 29.7 Å². The van der Waals surface area contributed by atoms with E-state index in [0.29, 0.717) is 55.9 Å². The highest BCUT2D eigenvalue weighted by Crippen LogP contribution is 2.27. The largest absolute Gasteiger partial charge is 0.493 e. The van der Waals surface area contributed by atoms with Crippen LogP contribution in [-0.2, 0) is 16.0 Å². The summed E-state index contributed by atoms with van der Waals surface area (Å²) in [5, 5.41) is 3.22. The Morgan fingerprint density at radius 1 is 1.11 bits per heavy atom. The normalized spacial score (nSPS) is 15.2. The summed E-state index contributed by atoms with van der Waals surface area (Å²) in [6.45, 7) is 1.65. The molecule has 1 aromatic carbocycles. The van der Waals surface area contributed by atoms with E-state index in [2.05, 4.69) is 20.3 Å². The number of imidazole rings is 1. The van der Waals surface area contributed by atoms with Crippen LogP contribution >= 0.6 is 11.6 Å². The van der Waals surface area contributed by atoms with Crippen LogP contribution in [0.4, 0.5) is 10.6 Å². The van der Waals surface area contributed by atoms with Gasteiger partial charge in [-0.2, -0.15) is 4.98 Å². The van der Waals surface area contributed by atoms with Crippen molar-refractivity contribution in [1.29, 1.82) is 0 Å². The van der Waals surface area contributed by atoms with Crippen molar-refractivity contribution in [3.05, 3.63) is 53.7 Å². The molecule has 1 aliphatic rings. The van der Waals surface area contributed by atoms with E-state index < -0.39 is 12.1 Å². The number of methoxy groups -OCH3 is 3. The van der Waals surface area contributed by atoms with E-state index in [1.807, 2.05) is 23.1 Å². The number of benzene rings is 1. The smallest absolute Gasteiger partial charge is 0.409 e. The molecule has 1 fully saturated rings. The average Bonchev–Trinajstić information content (AvgIpc) is 3.47. The number of hydrogen-bond donors (Lipinski definition) is 1. The number of ether oxygens (including phenoxy) is 3. The predicted molar refractivity (Wildman–Crippen MR) is 140 cm³/mol. The molecule has 2 amide bonds. The van der Waals surface area contributed by atoms with Crippen LogP contribution < -0.4 is 19.7 Å². The highest BCUT2D eigenvalue weighted by Gasteiger charge is 2.33. The van der Waals surface area contributed by atoms with Gasteiger partial charge in [0.25, 0.3) is 0 Å². The highest BCUT2D eigenvalue weighted by molar-refractivity contribution is 6.29. The molecule has 1 unspecified atom stereocenters. The molecular formula is C25H30ClN7O5. The molecule has 202 valence electrons. The zero-order chi connectivity index (χ0) is 27.1. The van der Waals surface area contributed by atoms with Gasteiger partial charge in [0.2, 0.25) is 11.9 Å². The van der Waals surface area contributed by atoms with Gasteiger partial charge in [-0.25, -0.2) is 14.8 Å². The van der Waals surface area contributed by atoms with Gasteiger partial charge < -0.3 is 29.3 Å². The quantitative estimate of drug-likeness (QED) is 0.405. The van der Waals surface area contributed by atoms with Crippen LogP contribution in [0.25, 0.3) is 5.95 Å². The second kappa shape index (κ2) is 12.5. The van der Waals surface area contributed by atoms with E-state index in [4.69, 9.17) is 25.8 Å². The third-order valence-electron chi connectivity index (χ3n) is 6.23. The first-order valence-corrected chi connectivity index (χ1v) is 12.4. The summed E-state index contributed by atoms with van der Waals surface area (Å²) in [5.74, 6) is 2.08. The Bertz CT molecular complexity index is 1260. The fourth-order valence-corrected chi connectivity index (χ4v) is 4.49. The minimum absolute atomic E-state index is 0.102. The van der Waals surface area contributed by atoms with Crippen LogP contribution in [-0.4, -0.2) is 90.0 Å². The molecule has 1 saturated heterocycles. The van der Waals surface area contributed by atoms with E-state index in [-0.39, 0.29) is 17.5 Å². The van der Waals surface area contributed by atoms with Gasteiger partial charge in [-0.15, -0.1) is 0 Å². The molecule has 0 saturated carbocycles. The van der Waals surface area contributed by atoms with Gasteiger partial charge in [0.05, 0.1) is 27.4 Å². The summed E-state index contributed by atoms with van der Waals surface area (Å²) < 4.78 is 17.2. The Balaban J connectivity index is 1.41. The Morgan fingerprint density at radius 2 is 1.92 bits per heavy atom. The molecule has 13 heteroatoms. The highest BCUT2D eigenvalue weighted by atomic mass is 35.5. The number of anilines is 1. The fourth-order valence-electron chi connectivity index (χ4n) is 4.31. The first-order chi connectivity index (χ1) is 18.4. The molecular weight excluding hydrogens is 514 g/mol. The minimum Gasteiger partial charge on any atom is -0.493 e. The first kappa shape index (κ1) is 27.0. The summed E-state index contributed by atoms with van der Waals surface area (Å²) in [7, 11) is 4.49. The van der Waals surface area contributed by atoms with E-state index in [0.717, 1.165) is 5.56 Å². The summed E-state index contributed by atoms with van der Waals surface area (Å²) in [5.41, 5.74) is 0.998. The summed E-state index contributed by atoms with van der Waals surface area (Å²) in [6, 6.07) is 6.88. The molecule has 1 N–H and O–H groups in total. The monoisotopic (exact) mass is 543 g/mol. The van der Waals surface area contributed by atoms with Crippen molar-refractivity contribution >= 4 is 29.4 Å². The number of nitrogens with zero attached hydrogens (tertiary/aromatic N) is 6. The van der Waals surface area contributed by atoms with E-state index in [9.17, 15) is 9.59 Å². The van der Waals surface area contributed by atoms with Crippen LogP contribution in [0.3, 0.4) is 0 Å². The Kier molecular flexibility index (Phi) is 8.85. The Morgan fingerprint density at radius 3 is 2.63 bits per heavy atom. The number of carbonyl (C=O) groups excluding carboxylic acids is 2. The minimum atomic E-state index is -0.479. The van der Waals surface area contributed by atoms with Crippen LogP contribution in [0.15, 0.2) is 43.0 Å². The summed E-state index contributed by atoms with van der Waals surface area (Å²) >= 11 is 6.28. The lowest BCUT2D eigenvalue weighted by atomic mass is 10.1. The van der Waals surface area contributed by atoms with Gasteiger partial charge in [0, 0.05) is 51.1 Å². The van der Waals surface area contributed by atoms with Gasteiger partial charge in [-0.3, -0.25) is 9.36 Å². The summed E-state index contributed by atoms with van der Waals surface area (Å²) in [6.07, 6.45) is 5.16. The van der Waals surface area contributed by atoms with Crippen molar-refractivity contribution in [3.63, 3.8) is 0 Å². The number of rotatable bonds is 9. The number of nitrogens with one attached hydrogen (secondary N) is 1. The molecule has 0 spiro atoms. The first-order valence-electron chi connectivity index (χ1n) is 12.0. The zero-order valence-electron chi connectivity index (χ0n) is 21.5. The van der Waals surface area contributed by atoms with Crippen LogP contribution in [0.1, 0.15) is 12.0 Å². The van der Waals surface area contributed by atoms with Crippen LogP contribution in [0.2, 0.25) is 5.15 Å². The van der Waals surface area contributed by atoms with Crippen molar-refractivity contribution in [2.24, 2.45) is 0 Å². The maximum Gasteiger partial charge on any atom is 0.409 e. The van der Waals surface area contributed by atoms with Crippen molar-refractivity contribution in [2.45, 2.75) is 18.9 Å². The van der Waals surface area contributed by atoms with Gasteiger partial charge >= 0.3 is 6.09 Å². The topological polar surface area (TPSA) is 124 Å². The lowest BCUT2D eigenvalue weighted by Gasteiger charge is -2.40.